The van der Waals surface area contributed by atoms with Gasteiger partial charge in [-0.1, -0.05) is 23.7 Å². The van der Waals surface area contributed by atoms with Gasteiger partial charge in [0.2, 0.25) is 0 Å². The Morgan fingerprint density at radius 2 is 2.04 bits per heavy atom. The van der Waals surface area contributed by atoms with Gasteiger partial charge in [0.05, 0.1) is 23.3 Å². The molecule has 8 heteroatoms. The van der Waals surface area contributed by atoms with Crippen molar-refractivity contribution in [2.24, 2.45) is 7.05 Å². The first-order chi connectivity index (χ1) is 12.9. The van der Waals surface area contributed by atoms with Crippen LogP contribution in [0.15, 0.2) is 36.5 Å². The molecule has 0 aliphatic rings. The predicted molar refractivity (Wildman–Crippen MR) is 108 cm³/mol. The van der Waals surface area contributed by atoms with Crippen molar-refractivity contribution in [1.29, 1.82) is 0 Å². The molecule has 0 radical (unpaired) electrons. The Morgan fingerprint density at radius 3 is 2.81 bits per heavy atom. The van der Waals surface area contributed by atoms with Crippen LogP contribution in [0.3, 0.4) is 0 Å². The number of aryl methyl sites for hydroxylation is 3. The Balaban J connectivity index is 1.63. The smallest absolute Gasteiger partial charge is 0.267 e. The van der Waals surface area contributed by atoms with Gasteiger partial charge in [-0.15, -0.1) is 11.3 Å². The number of aromatic nitrogens is 4. The minimum Gasteiger partial charge on any atom is -0.320 e. The summed E-state index contributed by atoms with van der Waals surface area (Å²) in [5, 5.41) is 9.57. The zero-order valence-electron chi connectivity index (χ0n) is 14.9. The van der Waals surface area contributed by atoms with Gasteiger partial charge in [0.25, 0.3) is 5.91 Å². The summed E-state index contributed by atoms with van der Waals surface area (Å²) in [5.74, 6) is -0.207. The molecule has 0 saturated heterocycles. The van der Waals surface area contributed by atoms with E-state index in [2.05, 4.69) is 20.4 Å². The number of amides is 1. The fourth-order valence-electron chi connectivity index (χ4n) is 2.92. The molecule has 136 valence electrons. The number of thiazole rings is 1. The maximum Gasteiger partial charge on any atom is 0.267 e. The lowest BCUT2D eigenvalue weighted by Gasteiger charge is -2.04. The van der Waals surface area contributed by atoms with Gasteiger partial charge in [-0.2, -0.15) is 5.10 Å². The van der Waals surface area contributed by atoms with Crippen LogP contribution in [-0.4, -0.2) is 25.7 Å². The minimum absolute atomic E-state index is 0.207. The number of nitrogens with zero attached hydrogens (tertiary/aromatic N) is 4. The van der Waals surface area contributed by atoms with E-state index in [4.69, 9.17) is 11.6 Å². The first kappa shape index (κ1) is 17.6. The average Bonchev–Trinajstić information content (AvgIpc) is 3.15. The number of carbonyl (C=O) groups excluding carboxylic acids is 1. The number of hydrogen-bond acceptors (Lipinski definition) is 5. The van der Waals surface area contributed by atoms with Crippen molar-refractivity contribution in [2.45, 2.75) is 13.8 Å². The zero-order valence-corrected chi connectivity index (χ0v) is 16.5. The summed E-state index contributed by atoms with van der Waals surface area (Å²) in [4.78, 5) is 22.2. The van der Waals surface area contributed by atoms with Crippen molar-refractivity contribution in [3.05, 3.63) is 57.8 Å². The average molecular weight is 398 g/mol. The number of rotatable bonds is 3. The van der Waals surface area contributed by atoms with E-state index < -0.39 is 0 Å². The van der Waals surface area contributed by atoms with Crippen LogP contribution in [0.2, 0.25) is 5.02 Å². The molecule has 0 aliphatic heterocycles. The van der Waals surface area contributed by atoms with Gasteiger partial charge in [0.15, 0.2) is 5.65 Å². The third-order valence-electron chi connectivity index (χ3n) is 4.20. The quantitative estimate of drug-likeness (QED) is 0.547. The van der Waals surface area contributed by atoms with Gasteiger partial charge in [-0.25, -0.2) is 9.97 Å². The zero-order chi connectivity index (χ0) is 19.1. The Kier molecular flexibility index (Phi) is 4.41. The van der Waals surface area contributed by atoms with Gasteiger partial charge in [0, 0.05) is 23.0 Å². The lowest BCUT2D eigenvalue weighted by atomic mass is 10.2. The van der Waals surface area contributed by atoms with Crippen molar-refractivity contribution in [1.82, 2.24) is 19.7 Å². The maximum absolute atomic E-state index is 12.8. The Morgan fingerprint density at radius 1 is 1.22 bits per heavy atom. The normalized spacial score (nSPS) is 11.1. The fourth-order valence-corrected chi connectivity index (χ4v) is 4.06. The highest BCUT2D eigenvalue weighted by Crippen LogP contribution is 2.30. The largest absolute Gasteiger partial charge is 0.320 e. The van der Waals surface area contributed by atoms with Gasteiger partial charge in [0.1, 0.15) is 9.88 Å². The fraction of sp³-hybridized carbons (Fsp3) is 0.158. The van der Waals surface area contributed by atoms with E-state index in [1.54, 1.807) is 10.9 Å². The molecular formula is C19H16ClN5OS. The van der Waals surface area contributed by atoms with Crippen molar-refractivity contribution < 1.29 is 4.79 Å². The second kappa shape index (κ2) is 6.75. The molecule has 0 spiro atoms. The number of anilines is 1. The van der Waals surface area contributed by atoms with E-state index in [9.17, 15) is 4.79 Å². The topological polar surface area (TPSA) is 72.7 Å². The number of halogens is 1. The Labute approximate surface area is 164 Å². The molecule has 27 heavy (non-hydrogen) atoms. The SMILES string of the molecule is Cc1nc(-c2cccc(Cl)c2)sc1C(=O)Nc1cnc2c(c1)c(C)nn2C. The number of benzene rings is 1. The van der Waals surface area contributed by atoms with E-state index in [1.807, 2.05) is 51.2 Å². The molecule has 0 atom stereocenters. The maximum atomic E-state index is 12.8. The highest BCUT2D eigenvalue weighted by molar-refractivity contribution is 7.17. The third kappa shape index (κ3) is 3.31. The van der Waals surface area contributed by atoms with E-state index in [0.717, 1.165) is 27.3 Å². The standard InChI is InChI=1S/C19H16ClN5OS/c1-10-15-8-14(9-21-17(15)25(3)24-10)23-18(26)16-11(2)22-19(27-16)12-5-4-6-13(20)7-12/h4-9H,1-3H3,(H,23,26). The van der Waals surface area contributed by atoms with Crippen LogP contribution in [-0.2, 0) is 7.05 Å². The molecule has 0 aliphatic carbocycles. The molecule has 1 amide bonds. The van der Waals surface area contributed by atoms with Crippen molar-refractivity contribution >= 4 is 45.6 Å². The van der Waals surface area contributed by atoms with E-state index in [0.29, 0.717) is 21.3 Å². The van der Waals surface area contributed by atoms with Crippen LogP contribution in [0, 0.1) is 13.8 Å². The Hall–Kier alpha value is -2.77. The molecule has 1 aromatic carbocycles. The van der Waals surface area contributed by atoms with Crippen molar-refractivity contribution in [3.63, 3.8) is 0 Å². The van der Waals surface area contributed by atoms with Gasteiger partial charge in [-0.3, -0.25) is 9.48 Å². The molecule has 0 unspecified atom stereocenters. The summed E-state index contributed by atoms with van der Waals surface area (Å²) < 4.78 is 1.72. The predicted octanol–water partition coefficient (Wildman–Crippen LogP) is 4.61. The van der Waals surface area contributed by atoms with Crippen LogP contribution in [0.4, 0.5) is 5.69 Å². The molecule has 3 heterocycles. The molecule has 6 nitrogen and oxygen atoms in total. The lowest BCUT2D eigenvalue weighted by molar-refractivity contribution is 0.103. The second-order valence-electron chi connectivity index (χ2n) is 6.20. The van der Waals surface area contributed by atoms with Gasteiger partial charge in [-0.05, 0) is 32.0 Å². The molecular weight excluding hydrogens is 382 g/mol. The summed E-state index contributed by atoms with van der Waals surface area (Å²) in [6, 6.07) is 9.32. The summed E-state index contributed by atoms with van der Waals surface area (Å²) in [5.41, 5.74) is 3.85. The van der Waals surface area contributed by atoms with Gasteiger partial charge >= 0.3 is 0 Å². The van der Waals surface area contributed by atoms with E-state index in [1.165, 1.54) is 11.3 Å². The molecule has 0 saturated carbocycles. The molecule has 3 aromatic heterocycles. The van der Waals surface area contributed by atoms with Crippen LogP contribution in [0.5, 0.6) is 0 Å². The Bertz CT molecular complexity index is 1180. The number of hydrogen-bond donors (Lipinski definition) is 1. The summed E-state index contributed by atoms with van der Waals surface area (Å²) >= 11 is 7.40. The second-order valence-corrected chi connectivity index (χ2v) is 7.64. The number of carbonyl (C=O) groups is 1. The first-order valence-electron chi connectivity index (χ1n) is 8.26. The summed E-state index contributed by atoms with van der Waals surface area (Å²) in [6.45, 7) is 3.74. The van der Waals surface area contributed by atoms with Gasteiger partial charge < -0.3 is 5.32 Å². The van der Waals surface area contributed by atoms with Crippen LogP contribution < -0.4 is 5.32 Å². The van der Waals surface area contributed by atoms with Crippen LogP contribution in [0.1, 0.15) is 21.1 Å². The summed E-state index contributed by atoms with van der Waals surface area (Å²) in [6.07, 6.45) is 1.63. The minimum atomic E-state index is -0.207. The van der Waals surface area contributed by atoms with Crippen molar-refractivity contribution in [2.75, 3.05) is 5.32 Å². The highest BCUT2D eigenvalue weighted by Gasteiger charge is 2.17. The third-order valence-corrected chi connectivity index (χ3v) is 5.64. The molecule has 0 bridgehead atoms. The molecule has 0 fully saturated rings. The van der Waals surface area contributed by atoms with E-state index >= 15 is 0 Å². The first-order valence-corrected chi connectivity index (χ1v) is 9.46. The summed E-state index contributed by atoms with van der Waals surface area (Å²) in [7, 11) is 1.85. The lowest BCUT2D eigenvalue weighted by Crippen LogP contribution is -2.11. The van der Waals surface area contributed by atoms with E-state index in [-0.39, 0.29) is 5.91 Å². The molecule has 4 rings (SSSR count). The van der Waals surface area contributed by atoms with Crippen LogP contribution >= 0.6 is 22.9 Å². The number of pyridine rings is 1. The van der Waals surface area contributed by atoms with Crippen molar-refractivity contribution in [3.8, 4) is 10.6 Å². The van der Waals surface area contributed by atoms with Crippen LogP contribution in [0.25, 0.3) is 21.6 Å². The number of nitrogens with one attached hydrogen (secondary N) is 1. The molecule has 4 aromatic rings. The molecule has 1 N–H and O–H groups in total. The monoisotopic (exact) mass is 397 g/mol. The number of fused-ring (bicyclic) bond motifs is 1. The highest BCUT2D eigenvalue weighted by atomic mass is 35.5.